The first kappa shape index (κ1) is 22.5. The van der Waals surface area contributed by atoms with Crippen molar-refractivity contribution < 1.29 is 0 Å². The average Bonchev–Trinajstić information content (AvgIpc) is 2.79. The van der Waals surface area contributed by atoms with Gasteiger partial charge in [0, 0.05) is 38.1 Å². The second-order valence-electron chi connectivity index (χ2n) is 8.81. The number of anilines is 1. The van der Waals surface area contributed by atoms with Crippen LogP contribution in [0.15, 0.2) is 49.8 Å². The van der Waals surface area contributed by atoms with Crippen molar-refractivity contribution in [3.05, 3.63) is 61.0 Å². The number of piperidine rings is 2. The van der Waals surface area contributed by atoms with Crippen LogP contribution in [-0.2, 0) is 6.42 Å². The molecule has 0 radical (unpaired) electrons. The van der Waals surface area contributed by atoms with Gasteiger partial charge >= 0.3 is 0 Å². The molecule has 2 N–H and O–H groups in total. The first-order valence-corrected chi connectivity index (χ1v) is 11.6. The SMILES string of the molecule is C=CCCN(C(=C)NC)c1cc(C(=C)N2CCC3(CCNCC3)CC2)ccc1CC. The summed E-state index contributed by atoms with van der Waals surface area (Å²) in [5.74, 6) is 0.917. The van der Waals surface area contributed by atoms with E-state index in [0.717, 1.165) is 44.0 Å². The normalized spacial score (nSPS) is 18.1. The highest BCUT2D eigenvalue weighted by atomic mass is 15.2. The zero-order valence-corrected chi connectivity index (χ0v) is 19.1. The third kappa shape index (κ3) is 4.92. The summed E-state index contributed by atoms with van der Waals surface area (Å²) in [6.45, 7) is 20.3. The molecule has 0 saturated carbocycles. The Morgan fingerprint density at radius 3 is 2.50 bits per heavy atom. The number of nitrogens with one attached hydrogen (secondary N) is 2. The smallest absolute Gasteiger partial charge is 0.0981 e. The standard InChI is InChI=1S/C26H40N4/c1-6-8-17-30(22(4)27-5)25-20-24(10-9-23(25)7-2)21(3)29-18-13-26(14-19-29)11-15-28-16-12-26/h6,9-10,20,27-28H,1,3-4,7-8,11-19H2,2,5H3. The third-order valence-electron chi connectivity index (χ3n) is 7.13. The molecule has 1 aromatic carbocycles. The minimum Gasteiger partial charge on any atom is -0.375 e. The van der Waals surface area contributed by atoms with Crippen molar-refractivity contribution in [1.82, 2.24) is 15.5 Å². The maximum atomic E-state index is 4.51. The molecule has 1 aromatic rings. The van der Waals surface area contributed by atoms with E-state index in [9.17, 15) is 0 Å². The number of likely N-dealkylation sites (tertiary alicyclic amines) is 1. The predicted molar refractivity (Wildman–Crippen MR) is 131 cm³/mol. The van der Waals surface area contributed by atoms with Crippen LogP contribution < -0.4 is 15.5 Å². The molecule has 2 aliphatic heterocycles. The molecule has 0 unspecified atom stereocenters. The van der Waals surface area contributed by atoms with Gasteiger partial charge in [-0.2, -0.15) is 0 Å². The Labute approximate surface area is 183 Å². The Kier molecular flexibility index (Phi) is 7.65. The van der Waals surface area contributed by atoms with E-state index in [2.05, 4.69) is 65.3 Å². The molecular weight excluding hydrogens is 368 g/mol. The van der Waals surface area contributed by atoms with Crippen molar-refractivity contribution in [1.29, 1.82) is 0 Å². The molecule has 0 bridgehead atoms. The molecule has 2 fully saturated rings. The van der Waals surface area contributed by atoms with Crippen LogP contribution in [0, 0.1) is 5.41 Å². The van der Waals surface area contributed by atoms with Crippen molar-refractivity contribution in [2.75, 3.05) is 44.7 Å². The fraction of sp³-hybridized carbons (Fsp3) is 0.538. The monoisotopic (exact) mass is 408 g/mol. The highest BCUT2D eigenvalue weighted by Gasteiger charge is 2.35. The van der Waals surface area contributed by atoms with Gasteiger partial charge in [0.25, 0.3) is 0 Å². The summed E-state index contributed by atoms with van der Waals surface area (Å²) < 4.78 is 0. The van der Waals surface area contributed by atoms with Crippen LogP contribution in [0.3, 0.4) is 0 Å². The van der Waals surface area contributed by atoms with Crippen LogP contribution >= 0.6 is 0 Å². The lowest BCUT2D eigenvalue weighted by molar-refractivity contribution is 0.102. The summed E-state index contributed by atoms with van der Waals surface area (Å²) in [5, 5.41) is 6.75. The topological polar surface area (TPSA) is 30.5 Å². The third-order valence-corrected chi connectivity index (χ3v) is 7.13. The molecule has 1 spiro atoms. The van der Waals surface area contributed by atoms with E-state index in [1.165, 1.54) is 55.6 Å². The Morgan fingerprint density at radius 1 is 1.20 bits per heavy atom. The molecule has 0 amide bonds. The maximum absolute atomic E-state index is 4.51. The number of rotatable bonds is 9. The molecule has 0 aromatic heterocycles. The zero-order valence-electron chi connectivity index (χ0n) is 19.1. The highest BCUT2D eigenvalue weighted by Crippen LogP contribution is 2.41. The number of benzene rings is 1. The van der Waals surface area contributed by atoms with Gasteiger partial charge in [0.05, 0.1) is 5.82 Å². The van der Waals surface area contributed by atoms with Gasteiger partial charge in [-0.05, 0) is 74.2 Å². The van der Waals surface area contributed by atoms with Crippen LogP contribution in [0.2, 0.25) is 0 Å². The highest BCUT2D eigenvalue weighted by molar-refractivity contribution is 5.70. The van der Waals surface area contributed by atoms with Crippen LogP contribution in [0.4, 0.5) is 5.69 Å². The second kappa shape index (κ2) is 10.2. The summed E-state index contributed by atoms with van der Waals surface area (Å²) in [4.78, 5) is 4.77. The first-order chi connectivity index (χ1) is 14.5. The van der Waals surface area contributed by atoms with Gasteiger partial charge in [-0.1, -0.05) is 38.3 Å². The summed E-state index contributed by atoms with van der Waals surface area (Å²) >= 11 is 0. The van der Waals surface area contributed by atoms with E-state index in [4.69, 9.17) is 0 Å². The minimum absolute atomic E-state index is 0.561. The van der Waals surface area contributed by atoms with Crippen LogP contribution in [0.5, 0.6) is 0 Å². The van der Waals surface area contributed by atoms with Crippen molar-refractivity contribution in [3.63, 3.8) is 0 Å². The van der Waals surface area contributed by atoms with Gasteiger partial charge in [-0.15, -0.1) is 6.58 Å². The Bertz CT molecular complexity index is 750. The van der Waals surface area contributed by atoms with Crippen LogP contribution in [0.1, 0.15) is 50.2 Å². The molecule has 3 rings (SSSR count). The molecule has 4 nitrogen and oxygen atoms in total. The summed E-state index contributed by atoms with van der Waals surface area (Å²) in [6.07, 6.45) is 9.10. The van der Waals surface area contributed by atoms with Crippen LogP contribution in [0.25, 0.3) is 5.70 Å². The number of hydrogen-bond acceptors (Lipinski definition) is 4. The number of hydrogen-bond donors (Lipinski definition) is 2. The van der Waals surface area contributed by atoms with Gasteiger partial charge in [-0.3, -0.25) is 0 Å². The summed E-state index contributed by atoms with van der Waals surface area (Å²) in [6, 6.07) is 6.81. The molecule has 2 saturated heterocycles. The quantitative estimate of drug-likeness (QED) is 0.577. The Balaban J connectivity index is 1.78. The Hall–Kier alpha value is -2.20. The molecule has 164 valence electrons. The van der Waals surface area contributed by atoms with Gasteiger partial charge < -0.3 is 20.4 Å². The molecule has 0 atom stereocenters. The van der Waals surface area contributed by atoms with Crippen molar-refractivity contribution in [3.8, 4) is 0 Å². The van der Waals surface area contributed by atoms with Gasteiger partial charge in [0.15, 0.2) is 0 Å². The Morgan fingerprint density at radius 2 is 1.90 bits per heavy atom. The van der Waals surface area contributed by atoms with E-state index < -0.39 is 0 Å². The molecule has 0 aliphatic carbocycles. The van der Waals surface area contributed by atoms with E-state index in [1.54, 1.807) is 0 Å². The average molecular weight is 409 g/mol. The minimum atomic E-state index is 0.561. The van der Waals surface area contributed by atoms with Crippen LogP contribution in [-0.4, -0.2) is 44.7 Å². The van der Waals surface area contributed by atoms with Crippen molar-refractivity contribution >= 4 is 11.4 Å². The maximum Gasteiger partial charge on any atom is 0.0981 e. The molecule has 30 heavy (non-hydrogen) atoms. The summed E-state index contributed by atoms with van der Waals surface area (Å²) in [7, 11) is 1.93. The van der Waals surface area contributed by atoms with Crippen molar-refractivity contribution in [2.24, 2.45) is 5.41 Å². The molecule has 4 heteroatoms. The van der Waals surface area contributed by atoms with Crippen molar-refractivity contribution in [2.45, 2.75) is 45.4 Å². The molecule has 2 aliphatic rings. The number of nitrogens with zero attached hydrogens (tertiary/aromatic N) is 2. The lowest BCUT2D eigenvalue weighted by atomic mass is 9.71. The fourth-order valence-electron chi connectivity index (χ4n) is 4.94. The van der Waals surface area contributed by atoms with Gasteiger partial charge in [0.1, 0.15) is 0 Å². The number of aryl methyl sites for hydroxylation is 1. The lowest BCUT2D eigenvalue weighted by Gasteiger charge is -2.45. The molecule has 2 heterocycles. The predicted octanol–water partition coefficient (Wildman–Crippen LogP) is 4.76. The van der Waals surface area contributed by atoms with Gasteiger partial charge in [-0.25, -0.2) is 0 Å². The van der Waals surface area contributed by atoms with E-state index in [0.29, 0.717) is 5.41 Å². The van der Waals surface area contributed by atoms with E-state index in [-0.39, 0.29) is 0 Å². The van der Waals surface area contributed by atoms with Gasteiger partial charge in [0.2, 0.25) is 0 Å². The lowest BCUT2D eigenvalue weighted by Crippen LogP contribution is -2.44. The largest absolute Gasteiger partial charge is 0.375 e. The van der Waals surface area contributed by atoms with E-state index in [1.807, 2.05) is 13.1 Å². The van der Waals surface area contributed by atoms with E-state index >= 15 is 0 Å². The summed E-state index contributed by atoms with van der Waals surface area (Å²) in [5.41, 5.74) is 5.49. The zero-order chi connectivity index (χ0) is 21.6. The molecular formula is C26H40N4. The first-order valence-electron chi connectivity index (χ1n) is 11.6. The second-order valence-corrected chi connectivity index (χ2v) is 8.81. The fourth-order valence-corrected chi connectivity index (χ4v) is 4.94.